The second-order valence-electron chi connectivity index (χ2n) is 4.62. The van der Waals surface area contributed by atoms with Crippen molar-refractivity contribution in [3.05, 3.63) is 15.9 Å². The third-order valence-corrected chi connectivity index (χ3v) is 4.08. The highest BCUT2D eigenvalue weighted by molar-refractivity contribution is 9.10. The summed E-state index contributed by atoms with van der Waals surface area (Å²) in [5.41, 5.74) is -0.872. The van der Waals surface area contributed by atoms with Gasteiger partial charge in [0, 0.05) is 13.0 Å². The standard InChI is InChI=1S/C12H14BrClF3N3O2/c1-6-9(13)10(12(15,16)17)19-20(6)7(2)11(22)18-5-3-4-8(14)21/h7H,3-5H2,1-2H3,(H,18,22). The molecule has 0 aromatic carbocycles. The quantitative estimate of drug-likeness (QED) is 0.585. The summed E-state index contributed by atoms with van der Waals surface area (Å²) in [6.07, 6.45) is -4.14. The molecule has 22 heavy (non-hydrogen) atoms. The van der Waals surface area contributed by atoms with Crippen molar-refractivity contribution >= 4 is 38.7 Å². The maximum atomic E-state index is 12.8. The molecule has 0 spiro atoms. The first-order valence-electron chi connectivity index (χ1n) is 6.33. The molecule has 0 saturated carbocycles. The van der Waals surface area contributed by atoms with Crippen molar-refractivity contribution in [1.29, 1.82) is 0 Å². The summed E-state index contributed by atoms with van der Waals surface area (Å²) >= 11 is 8.00. The van der Waals surface area contributed by atoms with Crippen molar-refractivity contribution in [2.45, 2.75) is 38.9 Å². The van der Waals surface area contributed by atoms with Crippen molar-refractivity contribution in [3.8, 4) is 0 Å². The predicted octanol–water partition coefficient (Wildman–Crippen LogP) is 3.20. The Kier molecular flexibility index (Phi) is 6.42. The number of carbonyl (C=O) groups is 2. The lowest BCUT2D eigenvalue weighted by Gasteiger charge is -2.14. The lowest BCUT2D eigenvalue weighted by atomic mass is 10.2. The van der Waals surface area contributed by atoms with Gasteiger partial charge in [-0.25, -0.2) is 0 Å². The van der Waals surface area contributed by atoms with Crippen LogP contribution in [-0.4, -0.2) is 27.5 Å². The molecule has 1 aromatic rings. The Labute approximate surface area is 138 Å². The molecule has 1 rings (SSSR count). The summed E-state index contributed by atoms with van der Waals surface area (Å²) in [5, 5.41) is 5.48. The number of rotatable bonds is 6. The molecule has 124 valence electrons. The van der Waals surface area contributed by atoms with Crippen LogP contribution in [0.1, 0.15) is 37.2 Å². The molecule has 0 radical (unpaired) electrons. The van der Waals surface area contributed by atoms with E-state index < -0.39 is 29.1 Å². The zero-order valence-electron chi connectivity index (χ0n) is 11.8. The topological polar surface area (TPSA) is 64.0 Å². The fraction of sp³-hybridized carbons (Fsp3) is 0.583. The SMILES string of the molecule is Cc1c(Br)c(C(F)(F)F)nn1C(C)C(=O)NCCCC(=O)Cl. The zero-order chi connectivity index (χ0) is 17.1. The summed E-state index contributed by atoms with van der Waals surface area (Å²) < 4.78 is 39.2. The molecule has 0 fully saturated rings. The molecule has 0 aliphatic carbocycles. The molecule has 0 bridgehead atoms. The first kappa shape index (κ1) is 19.0. The number of hydrogen-bond donors (Lipinski definition) is 1. The fourth-order valence-electron chi connectivity index (χ4n) is 1.75. The Balaban J connectivity index is 2.79. The number of halogens is 5. The molecule has 1 amide bonds. The zero-order valence-corrected chi connectivity index (χ0v) is 14.1. The van der Waals surface area contributed by atoms with E-state index in [1.165, 1.54) is 13.8 Å². The molecule has 1 aromatic heterocycles. The fourth-order valence-corrected chi connectivity index (χ4v) is 2.37. The van der Waals surface area contributed by atoms with Gasteiger partial charge < -0.3 is 5.32 Å². The Bertz CT molecular complexity index is 575. The van der Waals surface area contributed by atoms with E-state index in [0.29, 0.717) is 6.42 Å². The van der Waals surface area contributed by atoms with Gasteiger partial charge in [0.2, 0.25) is 11.1 Å². The molecule has 0 saturated heterocycles. The second-order valence-corrected chi connectivity index (χ2v) is 5.83. The number of aromatic nitrogens is 2. The third-order valence-electron chi connectivity index (χ3n) is 2.94. The Morgan fingerprint density at radius 3 is 2.50 bits per heavy atom. The highest BCUT2D eigenvalue weighted by Gasteiger charge is 2.38. The Hall–Kier alpha value is -1.09. The normalized spacial score (nSPS) is 13.0. The van der Waals surface area contributed by atoms with E-state index in [1.807, 2.05) is 0 Å². The van der Waals surface area contributed by atoms with Crippen LogP contribution in [0.2, 0.25) is 0 Å². The third kappa shape index (κ3) is 4.70. The minimum Gasteiger partial charge on any atom is -0.354 e. The van der Waals surface area contributed by atoms with Crippen LogP contribution in [0.25, 0.3) is 0 Å². The minimum absolute atomic E-state index is 0.112. The van der Waals surface area contributed by atoms with E-state index in [9.17, 15) is 22.8 Å². The molecule has 0 aliphatic rings. The van der Waals surface area contributed by atoms with Crippen LogP contribution in [0, 0.1) is 6.92 Å². The molecular weight excluding hydrogens is 391 g/mol. The summed E-state index contributed by atoms with van der Waals surface area (Å²) in [7, 11) is 0. The first-order valence-corrected chi connectivity index (χ1v) is 7.50. The van der Waals surface area contributed by atoms with Gasteiger partial charge in [0.25, 0.3) is 0 Å². The van der Waals surface area contributed by atoms with Gasteiger partial charge >= 0.3 is 6.18 Å². The molecule has 1 unspecified atom stereocenters. The largest absolute Gasteiger partial charge is 0.436 e. The highest BCUT2D eigenvalue weighted by Crippen LogP contribution is 2.36. The van der Waals surface area contributed by atoms with Crippen molar-refractivity contribution in [1.82, 2.24) is 15.1 Å². The van der Waals surface area contributed by atoms with E-state index in [-0.39, 0.29) is 23.1 Å². The van der Waals surface area contributed by atoms with E-state index in [0.717, 1.165) is 4.68 Å². The van der Waals surface area contributed by atoms with Gasteiger partial charge in [-0.2, -0.15) is 18.3 Å². The van der Waals surface area contributed by atoms with Gasteiger partial charge in [-0.15, -0.1) is 0 Å². The average Bonchev–Trinajstić information content (AvgIpc) is 2.70. The monoisotopic (exact) mass is 403 g/mol. The van der Waals surface area contributed by atoms with Crippen LogP contribution in [0.5, 0.6) is 0 Å². The second kappa shape index (κ2) is 7.45. The molecule has 10 heteroatoms. The smallest absolute Gasteiger partial charge is 0.354 e. The van der Waals surface area contributed by atoms with Gasteiger partial charge in [-0.3, -0.25) is 14.3 Å². The van der Waals surface area contributed by atoms with Crippen LogP contribution in [0.4, 0.5) is 13.2 Å². The minimum atomic E-state index is -4.61. The summed E-state index contributed by atoms with van der Waals surface area (Å²) in [5.74, 6) is -0.492. The average molecular weight is 405 g/mol. The number of carbonyl (C=O) groups excluding carboxylic acids is 2. The van der Waals surface area contributed by atoms with E-state index >= 15 is 0 Å². The van der Waals surface area contributed by atoms with Gasteiger partial charge in [0.05, 0.1) is 10.2 Å². The Morgan fingerprint density at radius 1 is 1.45 bits per heavy atom. The van der Waals surface area contributed by atoms with Crippen LogP contribution >= 0.6 is 27.5 Å². The highest BCUT2D eigenvalue weighted by atomic mass is 79.9. The van der Waals surface area contributed by atoms with Crippen molar-refractivity contribution in [2.75, 3.05) is 6.54 Å². The molecule has 1 heterocycles. The van der Waals surface area contributed by atoms with Crippen LogP contribution in [0.3, 0.4) is 0 Å². The number of nitrogens with one attached hydrogen (secondary N) is 1. The summed E-state index contributed by atoms with van der Waals surface area (Å²) in [4.78, 5) is 22.5. The van der Waals surface area contributed by atoms with E-state index in [4.69, 9.17) is 11.6 Å². The van der Waals surface area contributed by atoms with E-state index in [1.54, 1.807) is 0 Å². The Morgan fingerprint density at radius 2 is 2.05 bits per heavy atom. The molecule has 1 N–H and O–H groups in total. The molecular formula is C12H14BrClF3N3O2. The number of nitrogens with zero attached hydrogens (tertiary/aromatic N) is 2. The number of alkyl halides is 3. The molecule has 5 nitrogen and oxygen atoms in total. The van der Waals surface area contributed by atoms with Gasteiger partial charge in [0.15, 0.2) is 5.69 Å². The summed E-state index contributed by atoms with van der Waals surface area (Å²) in [6.45, 7) is 3.08. The van der Waals surface area contributed by atoms with Crippen molar-refractivity contribution in [3.63, 3.8) is 0 Å². The van der Waals surface area contributed by atoms with Crippen LogP contribution in [-0.2, 0) is 15.8 Å². The maximum absolute atomic E-state index is 12.8. The van der Waals surface area contributed by atoms with Gasteiger partial charge in [-0.1, -0.05) is 0 Å². The lowest BCUT2D eigenvalue weighted by molar-refractivity contribution is -0.142. The molecule has 1 atom stereocenters. The van der Waals surface area contributed by atoms with E-state index in [2.05, 4.69) is 26.3 Å². The van der Waals surface area contributed by atoms with Gasteiger partial charge in [0.1, 0.15) is 6.04 Å². The van der Waals surface area contributed by atoms with Crippen molar-refractivity contribution in [2.24, 2.45) is 0 Å². The number of amides is 1. The number of hydrogen-bond acceptors (Lipinski definition) is 3. The first-order chi connectivity index (χ1) is 10.1. The van der Waals surface area contributed by atoms with Gasteiger partial charge in [-0.05, 0) is 47.8 Å². The summed E-state index contributed by atoms with van der Waals surface area (Å²) in [6, 6.07) is -0.917. The maximum Gasteiger partial charge on any atom is 0.436 e. The molecule has 0 aliphatic heterocycles. The van der Waals surface area contributed by atoms with Crippen molar-refractivity contribution < 1.29 is 22.8 Å². The van der Waals surface area contributed by atoms with Crippen LogP contribution < -0.4 is 5.32 Å². The lowest BCUT2D eigenvalue weighted by Crippen LogP contribution is -2.32. The predicted molar refractivity (Wildman–Crippen MR) is 77.5 cm³/mol. The van der Waals surface area contributed by atoms with Crippen LogP contribution in [0.15, 0.2) is 4.47 Å².